The van der Waals surface area contributed by atoms with E-state index in [1.807, 2.05) is 0 Å². The van der Waals surface area contributed by atoms with Gasteiger partial charge in [-0.2, -0.15) is 4.31 Å². The summed E-state index contributed by atoms with van der Waals surface area (Å²) in [4.78, 5) is 10.9. The number of aliphatic hydroxyl groups excluding tert-OH is 1. The van der Waals surface area contributed by atoms with Crippen LogP contribution in [0.1, 0.15) is 25.7 Å². The summed E-state index contributed by atoms with van der Waals surface area (Å²) in [6.45, 7) is -0.0298. The number of ether oxygens (including phenoxy) is 1. The molecule has 0 spiro atoms. The summed E-state index contributed by atoms with van der Waals surface area (Å²) >= 11 is 0. The van der Waals surface area contributed by atoms with Gasteiger partial charge in [0.1, 0.15) is 0 Å². The van der Waals surface area contributed by atoms with E-state index in [1.54, 1.807) is 0 Å². The van der Waals surface area contributed by atoms with Gasteiger partial charge in [-0.1, -0.05) is 0 Å². The topological polar surface area (TPSA) is 83.9 Å². The van der Waals surface area contributed by atoms with Crippen molar-refractivity contribution in [3.05, 3.63) is 0 Å². The maximum Gasteiger partial charge on any atom is 0.305 e. The number of esters is 1. The molecule has 6 nitrogen and oxygen atoms in total. The number of carbonyl (C=O) groups is 1. The lowest BCUT2D eigenvalue weighted by Crippen LogP contribution is -2.37. The molecule has 1 aliphatic rings. The number of nitrogens with zero attached hydrogens (tertiary/aromatic N) is 1. The molecule has 0 aromatic heterocycles. The molecule has 0 unspecified atom stereocenters. The second kappa shape index (κ2) is 6.32. The van der Waals surface area contributed by atoms with Crippen molar-refractivity contribution in [3.63, 3.8) is 0 Å². The second-order valence-corrected chi connectivity index (χ2v) is 6.10. The molecular weight excluding hydrogens is 246 g/mol. The largest absolute Gasteiger partial charge is 0.469 e. The van der Waals surface area contributed by atoms with Crippen molar-refractivity contribution in [2.45, 2.75) is 31.7 Å². The summed E-state index contributed by atoms with van der Waals surface area (Å²) in [5, 5.41) is 8.85. The lowest BCUT2D eigenvalue weighted by Gasteiger charge is -2.20. The number of methoxy groups -OCH3 is 1. The Morgan fingerprint density at radius 3 is 2.59 bits per heavy atom. The van der Waals surface area contributed by atoms with Crippen LogP contribution < -0.4 is 0 Å². The first-order valence-corrected chi connectivity index (χ1v) is 7.29. The standard InChI is InChI=1S/C10H19NO5S/c1-16-10(13)3-2-8-17(14,15)11(6-7-12)9-4-5-9/h9,12H,2-8H2,1H3. The average Bonchev–Trinajstić information content (AvgIpc) is 3.09. The zero-order valence-electron chi connectivity index (χ0n) is 9.96. The summed E-state index contributed by atoms with van der Waals surface area (Å²) in [5.74, 6) is -0.473. The van der Waals surface area contributed by atoms with Crippen molar-refractivity contribution >= 4 is 16.0 Å². The Morgan fingerprint density at radius 2 is 2.12 bits per heavy atom. The molecule has 1 N–H and O–H groups in total. The third-order valence-electron chi connectivity index (χ3n) is 2.64. The summed E-state index contributed by atoms with van der Waals surface area (Å²) in [7, 11) is -2.08. The predicted octanol–water partition coefficient (Wildman–Crippen LogP) is -0.274. The second-order valence-electron chi connectivity index (χ2n) is 4.06. The Hall–Kier alpha value is -0.660. The predicted molar refractivity (Wildman–Crippen MR) is 61.9 cm³/mol. The van der Waals surface area contributed by atoms with Crippen LogP contribution in [0.15, 0.2) is 0 Å². The van der Waals surface area contributed by atoms with Crippen molar-refractivity contribution in [2.24, 2.45) is 0 Å². The molecule has 7 heteroatoms. The Morgan fingerprint density at radius 1 is 1.47 bits per heavy atom. The maximum absolute atomic E-state index is 11.9. The molecular formula is C10H19NO5S. The van der Waals surface area contributed by atoms with Crippen LogP contribution in [-0.4, -0.2) is 55.9 Å². The van der Waals surface area contributed by atoms with Crippen LogP contribution >= 0.6 is 0 Å². The molecule has 1 saturated carbocycles. The fraction of sp³-hybridized carbons (Fsp3) is 0.900. The quantitative estimate of drug-likeness (QED) is 0.611. The molecule has 0 amide bonds. The molecule has 0 saturated heterocycles. The highest BCUT2D eigenvalue weighted by molar-refractivity contribution is 7.89. The molecule has 0 aromatic rings. The van der Waals surface area contributed by atoms with Gasteiger partial charge in [0.25, 0.3) is 0 Å². The molecule has 0 bridgehead atoms. The molecule has 0 heterocycles. The number of carbonyl (C=O) groups excluding carboxylic acids is 1. The Labute approximate surface area is 102 Å². The lowest BCUT2D eigenvalue weighted by molar-refractivity contribution is -0.140. The maximum atomic E-state index is 11.9. The number of aliphatic hydroxyl groups is 1. The SMILES string of the molecule is COC(=O)CCCS(=O)(=O)N(CCO)C1CC1. The number of hydrogen-bond donors (Lipinski definition) is 1. The van der Waals surface area contributed by atoms with E-state index < -0.39 is 16.0 Å². The van der Waals surface area contributed by atoms with E-state index in [0.29, 0.717) is 0 Å². The molecule has 100 valence electrons. The van der Waals surface area contributed by atoms with Gasteiger partial charge in [-0.3, -0.25) is 4.79 Å². The average molecular weight is 265 g/mol. The van der Waals surface area contributed by atoms with Gasteiger partial charge in [0, 0.05) is 19.0 Å². The van der Waals surface area contributed by atoms with Gasteiger partial charge < -0.3 is 9.84 Å². The number of sulfonamides is 1. The number of rotatable bonds is 8. The van der Waals surface area contributed by atoms with Gasteiger partial charge in [-0.05, 0) is 19.3 Å². The van der Waals surface area contributed by atoms with Crippen LogP contribution in [-0.2, 0) is 19.6 Å². The molecule has 0 aliphatic heterocycles. The lowest BCUT2D eigenvalue weighted by atomic mass is 10.3. The van der Waals surface area contributed by atoms with Crippen LogP contribution in [0.5, 0.6) is 0 Å². The van der Waals surface area contributed by atoms with E-state index in [9.17, 15) is 13.2 Å². The van der Waals surface area contributed by atoms with E-state index in [4.69, 9.17) is 5.11 Å². The van der Waals surface area contributed by atoms with Crippen molar-refractivity contribution in [2.75, 3.05) is 26.0 Å². The summed E-state index contributed by atoms with van der Waals surface area (Å²) in [6, 6.07) is 0.0466. The van der Waals surface area contributed by atoms with Crippen LogP contribution in [0.25, 0.3) is 0 Å². The first-order chi connectivity index (χ1) is 8.01. The van der Waals surface area contributed by atoms with Gasteiger partial charge in [-0.25, -0.2) is 8.42 Å². The van der Waals surface area contributed by atoms with Gasteiger partial charge >= 0.3 is 5.97 Å². The summed E-state index contributed by atoms with van der Waals surface area (Å²) in [5.41, 5.74) is 0. The highest BCUT2D eigenvalue weighted by Gasteiger charge is 2.36. The summed E-state index contributed by atoms with van der Waals surface area (Å²) in [6.07, 6.45) is 2.07. The molecule has 17 heavy (non-hydrogen) atoms. The third-order valence-corrected chi connectivity index (χ3v) is 4.64. The van der Waals surface area contributed by atoms with E-state index in [2.05, 4.69) is 4.74 Å². The zero-order chi connectivity index (χ0) is 12.9. The fourth-order valence-electron chi connectivity index (χ4n) is 1.63. The molecule has 1 fully saturated rings. The fourth-order valence-corrected chi connectivity index (χ4v) is 3.40. The zero-order valence-corrected chi connectivity index (χ0v) is 10.8. The van der Waals surface area contributed by atoms with E-state index in [1.165, 1.54) is 11.4 Å². The highest BCUT2D eigenvalue weighted by atomic mass is 32.2. The molecule has 0 radical (unpaired) electrons. The van der Waals surface area contributed by atoms with Crippen molar-refractivity contribution in [1.29, 1.82) is 0 Å². The van der Waals surface area contributed by atoms with E-state index >= 15 is 0 Å². The van der Waals surface area contributed by atoms with Crippen molar-refractivity contribution in [1.82, 2.24) is 4.31 Å². The highest BCUT2D eigenvalue weighted by Crippen LogP contribution is 2.29. The summed E-state index contributed by atoms with van der Waals surface area (Å²) < 4.78 is 29.7. The third kappa shape index (κ3) is 4.61. The van der Waals surface area contributed by atoms with E-state index in [0.717, 1.165) is 12.8 Å². The Kier molecular flexibility index (Phi) is 5.35. The van der Waals surface area contributed by atoms with E-state index in [-0.39, 0.29) is 37.8 Å². The minimum Gasteiger partial charge on any atom is -0.469 e. The minimum atomic E-state index is -3.36. The van der Waals surface area contributed by atoms with Crippen LogP contribution in [0.2, 0.25) is 0 Å². The van der Waals surface area contributed by atoms with Gasteiger partial charge in [0.05, 0.1) is 19.5 Å². The first kappa shape index (κ1) is 14.4. The smallest absolute Gasteiger partial charge is 0.305 e. The van der Waals surface area contributed by atoms with Crippen LogP contribution in [0.4, 0.5) is 0 Å². The monoisotopic (exact) mass is 265 g/mol. The Balaban J connectivity index is 2.45. The molecule has 0 atom stereocenters. The normalized spacial score (nSPS) is 16.2. The van der Waals surface area contributed by atoms with Crippen LogP contribution in [0, 0.1) is 0 Å². The van der Waals surface area contributed by atoms with Crippen molar-refractivity contribution < 1.29 is 23.1 Å². The number of hydrogen-bond acceptors (Lipinski definition) is 5. The van der Waals surface area contributed by atoms with Gasteiger partial charge in [-0.15, -0.1) is 0 Å². The van der Waals surface area contributed by atoms with Crippen molar-refractivity contribution in [3.8, 4) is 0 Å². The molecule has 0 aromatic carbocycles. The Bertz CT molecular complexity index is 350. The van der Waals surface area contributed by atoms with Gasteiger partial charge in [0.2, 0.25) is 10.0 Å². The molecule has 1 rings (SSSR count). The first-order valence-electron chi connectivity index (χ1n) is 5.68. The minimum absolute atomic E-state index is 0.0466. The van der Waals surface area contributed by atoms with Gasteiger partial charge in [0.15, 0.2) is 0 Å². The van der Waals surface area contributed by atoms with Crippen LogP contribution in [0.3, 0.4) is 0 Å². The molecule has 1 aliphatic carbocycles.